The normalized spacial score (nSPS) is 36.3. The van der Waals surface area contributed by atoms with Crippen molar-refractivity contribution in [1.29, 1.82) is 0 Å². The number of hydrogen-bond acceptors (Lipinski definition) is 6. The summed E-state index contributed by atoms with van der Waals surface area (Å²) in [6, 6.07) is 0. The van der Waals surface area contributed by atoms with Gasteiger partial charge in [-0.25, -0.2) is 0 Å². The SMILES string of the molecule is CC1=C/C[C@@H](/C(C)=C/C2=CSC(C)N2C)OC(=O)C[C@H](C)C(C)(C)C(=O)[C@H](C)[C@@H](O)[C@@H](C)C\C=C\1. The minimum absolute atomic E-state index is 0.0141. The van der Waals surface area contributed by atoms with Crippen molar-refractivity contribution < 1.29 is 19.4 Å². The van der Waals surface area contributed by atoms with Gasteiger partial charge in [0.2, 0.25) is 0 Å². The first-order valence-electron chi connectivity index (χ1n) is 12.8. The molecule has 1 N–H and O–H groups in total. The van der Waals surface area contributed by atoms with Gasteiger partial charge in [-0.1, -0.05) is 58.4 Å². The minimum atomic E-state index is -0.756. The van der Waals surface area contributed by atoms with E-state index < -0.39 is 17.4 Å². The summed E-state index contributed by atoms with van der Waals surface area (Å²) < 4.78 is 6.01. The van der Waals surface area contributed by atoms with E-state index in [9.17, 15) is 14.7 Å². The van der Waals surface area contributed by atoms with Gasteiger partial charge in [-0.3, -0.25) is 9.59 Å². The number of Topliss-reactive ketones (excluding diaryl/α,β-unsaturated/α-hetero) is 1. The van der Waals surface area contributed by atoms with E-state index in [1.807, 2.05) is 47.6 Å². The number of thioether (sulfide) groups is 1. The first kappa shape index (κ1) is 29.4. The van der Waals surface area contributed by atoms with Gasteiger partial charge in [0, 0.05) is 36.9 Å². The van der Waals surface area contributed by atoms with E-state index >= 15 is 0 Å². The highest BCUT2D eigenvalue weighted by Gasteiger charge is 2.41. The summed E-state index contributed by atoms with van der Waals surface area (Å²) in [6.07, 6.45) is 8.61. The number of allylic oxidation sites excluding steroid dienone is 4. The van der Waals surface area contributed by atoms with Crippen LogP contribution in [0.4, 0.5) is 0 Å². The van der Waals surface area contributed by atoms with E-state index in [0.717, 1.165) is 16.8 Å². The van der Waals surface area contributed by atoms with E-state index in [2.05, 4.69) is 42.5 Å². The Bertz CT molecular complexity index is 900. The van der Waals surface area contributed by atoms with Crippen LogP contribution >= 0.6 is 11.8 Å². The van der Waals surface area contributed by atoms with Gasteiger partial charge in [0.25, 0.3) is 0 Å². The summed E-state index contributed by atoms with van der Waals surface area (Å²) in [5.41, 5.74) is 2.43. The lowest BCUT2D eigenvalue weighted by Crippen LogP contribution is -2.42. The zero-order valence-corrected chi connectivity index (χ0v) is 23.8. The monoisotopic (exact) mass is 503 g/mol. The molecule has 2 rings (SSSR count). The molecule has 5 nitrogen and oxygen atoms in total. The minimum Gasteiger partial charge on any atom is -0.457 e. The predicted octanol–water partition coefficient (Wildman–Crippen LogP) is 6.26. The van der Waals surface area contributed by atoms with E-state index in [0.29, 0.717) is 18.2 Å². The van der Waals surface area contributed by atoms with Crippen LogP contribution in [0.15, 0.2) is 46.6 Å². The molecule has 1 unspecified atom stereocenters. The standard InChI is InChI=1S/C29H45NO4S/c1-18-11-10-12-19(2)27(32)22(5)28(33)29(7,8)21(4)16-26(31)34-25(14-13-18)20(3)15-24-17-35-23(6)30(24)9/h10-11,13,15,17,19,21-23,25,27,32H,12,14,16H2,1-9H3/b11-10+,18-13-,20-15+/t19-,21-,22+,23?,25-,27-/m0/s1. The van der Waals surface area contributed by atoms with Crippen LogP contribution in [0.1, 0.15) is 74.7 Å². The number of ether oxygens (including phenoxy) is 1. The first-order chi connectivity index (χ1) is 16.2. The van der Waals surface area contributed by atoms with Crippen molar-refractivity contribution in [3.63, 3.8) is 0 Å². The summed E-state index contributed by atoms with van der Waals surface area (Å²) in [4.78, 5) is 28.6. The average molecular weight is 504 g/mol. The topological polar surface area (TPSA) is 66.8 Å². The fraction of sp³-hybridized carbons (Fsp3) is 0.655. The van der Waals surface area contributed by atoms with Crippen LogP contribution in [0, 0.1) is 23.2 Å². The third-order valence-electron chi connectivity index (χ3n) is 7.89. The van der Waals surface area contributed by atoms with Gasteiger partial charge in [0.1, 0.15) is 11.9 Å². The zero-order valence-electron chi connectivity index (χ0n) is 23.0. The molecular weight excluding hydrogens is 458 g/mol. The lowest BCUT2D eigenvalue weighted by Gasteiger charge is -2.35. The first-order valence-corrected chi connectivity index (χ1v) is 13.7. The second-order valence-corrected chi connectivity index (χ2v) is 12.2. The molecule has 0 bridgehead atoms. The van der Waals surface area contributed by atoms with E-state index in [1.165, 1.54) is 0 Å². The Morgan fingerprint density at radius 3 is 2.46 bits per heavy atom. The molecule has 0 saturated heterocycles. The Balaban J connectivity index is 2.37. The van der Waals surface area contributed by atoms with Crippen LogP contribution in [0.5, 0.6) is 0 Å². The van der Waals surface area contributed by atoms with Crippen molar-refractivity contribution in [3.05, 3.63) is 46.6 Å². The number of aliphatic hydroxyl groups excluding tert-OH is 1. The van der Waals surface area contributed by atoms with Gasteiger partial charge in [-0.15, -0.1) is 11.8 Å². The quantitative estimate of drug-likeness (QED) is 0.449. The number of carbonyl (C=O) groups excluding carboxylic acids is 2. The van der Waals surface area contributed by atoms with E-state index in [-0.39, 0.29) is 36.1 Å². The van der Waals surface area contributed by atoms with Crippen LogP contribution in [-0.4, -0.2) is 46.4 Å². The van der Waals surface area contributed by atoms with Crippen molar-refractivity contribution >= 4 is 23.5 Å². The Morgan fingerprint density at radius 1 is 1.20 bits per heavy atom. The Hall–Kier alpha value is -1.79. The van der Waals surface area contributed by atoms with Gasteiger partial charge < -0.3 is 14.7 Å². The molecule has 196 valence electrons. The van der Waals surface area contributed by atoms with Crippen LogP contribution in [0.2, 0.25) is 0 Å². The molecule has 2 aliphatic heterocycles. The fourth-order valence-corrected chi connectivity index (χ4v) is 5.37. The summed E-state index contributed by atoms with van der Waals surface area (Å²) >= 11 is 1.77. The third kappa shape index (κ3) is 7.60. The van der Waals surface area contributed by atoms with Crippen molar-refractivity contribution in [3.8, 4) is 0 Å². The summed E-state index contributed by atoms with van der Waals surface area (Å²) in [7, 11) is 2.07. The van der Waals surface area contributed by atoms with Gasteiger partial charge in [-0.05, 0) is 56.1 Å². The molecule has 35 heavy (non-hydrogen) atoms. The van der Waals surface area contributed by atoms with E-state index in [4.69, 9.17) is 4.74 Å². The van der Waals surface area contributed by atoms with Gasteiger partial charge in [0.05, 0.1) is 11.5 Å². The fourth-order valence-electron chi connectivity index (χ4n) is 4.50. The molecule has 0 aromatic rings. The van der Waals surface area contributed by atoms with Crippen molar-refractivity contribution in [2.24, 2.45) is 23.2 Å². The number of cyclic esters (lactones) is 1. The number of esters is 1. The summed E-state index contributed by atoms with van der Waals surface area (Å²) in [5, 5.41) is 13.4. The Labute approximate surface area is 216 Å². The lowest BCUT2D eigenvalue weighted by molar-refractivity contribution is -0.150. The molecule has 0 saturated carbocycles. The number of carbonyl (C=O) groups is 2. The maximum Gasteiger partial charge on any atom is 0.306 e. The van der Waals surface area contributed by atoms with Crippen molar-refractivity contribution in [2.45, 2.75) is 92.2 Å². The highest BCUT2D eigenvalue weighted by Crippen LogP contribution is 2.36. The van der Waals surface area contributed by atoms with Gasteiger partial charge in [-0.2, -0.15) is 0 Å². The van der Waals surface area contributed by atoms with Crippen molar-refractivity contribution in [1.82, 2.24) is 4.90 Å². The molecule has 0 fully saturated rings. The molecular formula is C29H45NO4S. The highest BCUT2D eigenvalue weighted by atomic mass is 32.2. The molecule has 0 radical (unpaired) electrons. The zero-order chi connectivity index (χ0) is 26.5. The molecule has 6 atom stereocenters. The van der Waals surface area contributed by atoms with Crippen LogP contribution < -0.4 is 0 Å². The molecule has 2 heterocycles. The summed E-state index contributed by atoms with van der Waals surface area (Å²) in [6.45, 7) is 15.7. The maximum atomic E-state index is 13.3. The molecule has 0 amide bonds. The highest BCUT2D eigenvalue weighted by molar-refractivity contribution is 8.02. The molecule has 0 aliphatic carbocycles. The second kappa shape index (κ2) is 12.4. The number of rotatable bonds is 2. The van der Waals surface area contributed by atoms with Gasteiger partial charge in [0.15, 0.2) is 0 Å². The predicted molar refractivity (Wildman–Crippen MR) is 146 cm³/mol. The lowest BCUT2D eigenvalue weighted by atomic mass is 9.69. The molecule has 6 heteroatoms. The molecule has 0 aromatic heterocycles. The number of aliphatic hydroxyl groups is 1. The Kier molecular flexibility index (Phi) is 10.5. The summed E-state index contributed by atoms with van der Waals surface area (Å²) in [5.74, 6) is -1.09. The number of nitrogens with zero attached hydrogens (tertiary/aromatic N) is 1. The molecule has 2 aliphatic rings. The largest absolute Gasteiger partial charge is 0.457 e. The smallest absolute Gasteiger partial charge is 0.306 e. The van der Waals surface area contributed by atoms with Crippen LogP contribution in [0.25, 0.3) is 0 Å². The molecule has 0 spiro atoms. The van der Waals surface area contributed by atoms with Crippen LogP contribution in [-0.2, 0) is 14.3 Å². The number of hydrogen-bond donors (Lipinski definition) is 1. The Morgan fingerprint density at radius 2 is 1.86 bits per heavy atom. The van der Waals surface area contributed by atoms with E-state index in [1.54, 1.807) is 18.7 Å². The maximum absolute atomic E-state index is 13.3. The van der Waals surface area contributed by atoms with Crippen LogP contribution in [0.3, 0.4) is 0 Å². The van der Waals surface area contributed by atoms with Crippen molar-refractivity contribution in [2.75, 3.05) is 7.05 Å². The second-order valence-electron chi connectivity index (χ2n) is 11.0. The number of ketones is 1. The third-order valence-corrected chi connectivity index (χ3v) is 8.97. The van der Waals surface area contributed by atoms with Gasteiger partial charge >= 0.3 is 5.97 Å². The number of likely N-dealkylation sites (N-methyl/N-ethyl adjacent to an activating group) is 1. The molecule has 0 aromatic carbocycles. The average Bonchev–Trinajstić information content (AvgIpc) is 3.11.